The third-order valence-corrected chi connectivity index (χ3v) is 5.51. The topological polar surface area (TPSA) is 80.2 Å². The molecule has 2 aromatic carbocycles. The molecule has 3 rings (SSSR count). The maximum atomic E-state index is 13.1. The summed E-state index contributed by atoms with van der Waals surface area (Å²) < 4.78 is 7.38. The van der Waals surface area contributed by atoms with Crippen molar-refractivity contribution < 1.29 is 9.53 Å². The van der Waals surface area contributed by atoms with Gasteiger partial charge >= 0.3 is 0 Å². The van der Waals surface area contributed by atoms with E-state index in [-0.39, 0.29) is 11.9 Å². The second-order valence-corrected chi connectivity index (χ2v) is 8.02. The summed E-state index contributed by atoms with van der Waals surface area (Å²) in [6, 6.07) is 11.6. The molecule has 7 nitrogen and oxygen atoms in total. The number of hydrogen-bond acceptors (Lipinski definition) is 5. The molecule has 0 unspecified atom stereocenters. The summed E-state index contributed by atoms with van der Waals surface area (Å²) in [7, 11) is 3.56. The van der Waals surface area contributed by atoms with E-state index in [1.54, 1.807) is 11.8 Å². The van der Waals surface area contributed by atoms with E-state index >= 15 is 0 Å². The summed E-state index contributed by atoms with van der Waals surface area (Å²) in [5.74, 6) is 0.655. The van der Waals surface area contributed by atoms with Gasteiger partial charge in [-0.3, -0.25) is 9.48 Å². The van der Waals surface area contributed by atoms with E-state index in [1.807, 2.05) is 83.7 Å². The van der Waals surface area contributed by atoms with E-state index in [1.165, 1.54) is 0 Å². The molecular weight excluding hydrogens is 414 g/mol. The molecule has 0 spiro atoms. The van der Waals surface area contributed by atoms with Crippen LogP contribution in [-0.2, 0) is 7.05 Å². The van der Waals surface area contributed by atoms with E-state index in [4.69, 9.17) is 4.74 Å². The van der Waals surface area contributed by atoms with Crippen LogP contribution in [0.3, 0.4) is 0 Å². The first-order valence-corrected chi connectivity index (χ1v) is 11.1. The average Bonchev–Trinajstić information content (AvgIpc) is 3.14. The predicted molar refractivity (Wildman–Crippen MR) is 133 cm³/mol. The SMILES string of the molecule is CCN/C=C\Nc1ccc(C)c(C(=O)N[C@H](C)c2ccc(OC)c(-c3cn(C)nc3C)c2)c1. The van der Waals surface area contributed by atoms with Crippen LogP contribution in [0.2, 0.25) is 0 Å². The van der Waals surface area contributed by atoms with Gasteiger partial charge in [0.15, 0.2) is 0 Å². The highest BCUT2D eigenvalue weighted by Crippen LogP contribution is 2.34. The van der Waals surface area contributed by atoms with Crippen LogP contribution < -0.4 is 20.7 Å². The van der Waals surface area contributed by atoms with Crippen molar-refractivity contribution in [2.45, 2.75) is 33.7 Å². The minimum Gasteiger partial charge on any atom is -0.496 e. The van der Waals surface area contributed by atoms with Gasteiger partial charge in [-0.25, -0.2) is 0 Å². The summed E-state index contributed by atoms with van der Waals surface area (Å²) in [4.78, 5) is 13.1. The number of hydrogen-bond donors (Lipinski definition) is 3. The Hall–Kier alpha value is -3.74. The molecule has 1 heterocycles. The molecule has 0 radical (unpaired) electrons. The number of carbonyl (C=O) groups is 1. The van der Waals surface area contributed by atoms with Crippen LogP contribution in [0.4, 0.5) is 5.69 Å². The van der Waals surface area contributed by atoms with Crippen molar-refractivity contribution >= 4 is 11.6 Å². The molecule has 0 saturated heterocycles. The molecule has 1 amide bonds. The summed E-state index contributed by atoms with van der Waals surface area (Å²) in [5.41, 5.74) is 6.29. The van der Waals surface area contributed by atoms with Crippen molar-refractivity contribution in [2.75, 3.05) is 19.0 Å². The molecule has 1 aromatic heterocycles. The van der Waals surface area contributed by atoms with Gasteiger partial charge in [0.05, 0.1) is 18.8 Å². The van der Waals surface area contributed by atoms with Gasteiger partial charge in [0.25, 0.3) is 5.91 Å². The van der Waals surface area contributed by atoms with Gasteiger partial charge in [-0.2, -0.15) is 5.10 Å². The number of carbonyl (C=O) groups excluding carboxylic acids is 1. The second kappa shape index (κ2) is 10.7. The Morgan fingerprint density at radius 2 is 1.94 bits per heavy atom. The predicted octanol–water partition coefficient (Wildman–Crippen LogP) is 4.70. The zero-order valence-electron chi connectivity index (χ0n) is 20.2. The maximum Gasteiger partial charge on any atom is 0.252 e. The first-order valence-electron chi connectivity index (χ1n) is 11.1. The lowest BCUT2D eigenvalue weighted by atomic mass is 9.99. The standard InChI is InChI=1S/C26H33N5O2/c1-7-27-12-13-28-21-10-8-17(2)22(15-21)26(32)29-18(3)20-9-11-25(33-6)23(14-20)24-16-31(5)30-19(24)4/h8-16,18,27-28H,7H2,1-6H3,(H,29,32)/b13-12-/t18-/m1/s1. The minimum atomic E-state index is -0.191. The van der Waals surface area contributed by atoms with E-state index in [0.29, 0.717) is 5.56 Å². The molecule has 174 valence electrons. The number of rotatable bonds is 9. The number of aromatic nitrogens is 2. The van der Waals surface area contributed by atoms with Crippen LogP contribution in [0.1, 0.15) is 47.1 Å². The second-order valence-electron chi connectivity index (χ2n) is 8.02. The Morgan fingerprint density at radius 3 is 2.61 bits per heavy atom. The summed E-state index contributed by atoms with van der Waals surface area (Å²) in [6.45, 7) is 8.78. The Morgan fingerprint density at radius 1 is 1.15 bits per heavy atom. The van der Waals surface area contributed by atoms with Gasteiger partial charge in [-0.15, -0.1) is 0 Å². The maximum absolute atomic E-state index is 13.1. The Bertz CT molecular complexity index is 1150. The summed E-state index contributed by atoms with van der Waals surface area (Å²) >= 11 is 0. The highest BCUT2D eigenvalue weighted by atomic mass is 16.5. The molecule has 0 bridgehead atoms. The fourth-order valence-corrected chi connectivity index (χ4v) is 3.70. The first-order chi connectivity index (χ1) is 15.8. The molecule has 0 aliphatic rings. The lowest BCUT2D eigenvalue weighted by Crippen LogP contribution is -2.27. The molecule has 3 aromatic rings. The zero-order chi connectivity index (χ0) is 24.0. The number of ether oxygens (including phenoxy) is 1. The molecule has 3 N–H and O–H groups in total. The van der Waals surface area contributed by atoms with Crippen LogP contribution >= 0.6 is 0 Å². The average molecular weight is 448 g/mol. The fraction of sp³-hybridized carbons (Fsp3) is 0.308. The van der Waals surface area contributed by atoms with Crippen LogP contribution in [0.5, 0.6) is 5.75 Å². The molecule has 7 heteroatoms. The normalized spacial score (nSPS) is 11.9. The number of nitrogens with one attached hydrogen (secondary N) is 3. The number of nitrogens with zero attached hydrogens (tertiary/aromatic N) is 2. The highest BCUT2D eigenvalue weighted by molar-refractivity contribution is 5.96. The van der Waals surface area contributed by atoms with E-state index < -0.39 is 0 Å². The largest absolute Gasteiger partial charge is 0.496 e. The number of benzene rings is 2. The summed E-state index contributed by atoms with van der Waals surface area (Å²) in [5, 5.41) is 13.9. The van der Waals surface area contributed by atoms with Crippen molar-refractivity contribution in [3.63, 3.8) is 0 Å². The van der Waals surface area contributed by atoms with E-state index in [9.17, 15) is 4.79 Å². The Labute approximate surface area is 195 Å². The Balaban J connectivity index is 1.81. The van der Waals surface area contributed by atoms with Gasteiger partial charge in [0.1, 0.15) is 5.75 Å². The van der Waals surface area contributed by atoms with E-state index in [2.05, 4.69) is 27.1 Å². The fourth-order valence-electron chi connectivity index (χ4n) is 3.70. The van der Waals surface area contributed by atoms with Crippen molar-refractivity contribution in [1.29, 1.82) is 0 Å². The van der Waals surface area contributed by atoms with Crippen molar-refractivity contribution in [2.24, 2.45) is 7.05 Å². The third-order valence-electron chi connectivity index (χ3n) is 5.51. The zero-order valence-corrected chi connectivity index (χ0v) is 20.2. The monoisotopic (exact) mass is 447 g/mol. The van der Waals surface area contributed by atoms with Gasteiger partial charge in [0.2, 0.25) is 0 Å². The molecule has 33 heavy (non-hydrogen) atoms. The molecule has 0 saturated carbocycles. The molecule has 0 aliphatic carbocycles. The molecule has 0 fully saturated rings. The summed E-state index contributed by atoms with van der Waals surface area (Å²) in [6.07, 6.45) is 5.64. The van der Waals surface area contributed by atoms with Crippen LogP contribution in [0, 0.1) is 13.8 Å². The Kier molecular flexibility index (Phi) is 7.77. The first kappa shape index (κ1) is 23.9. The lowest BCUT2D eigenvalue weighted by molar-refractivity contribution is 0.0939. The van der Waals surface area contributed by atoms with Crippen LogP contribution in [0.15, 0.2) is 55.0 Å². The van der Waals surface area contributed by atoms with Crippen molar-refractivity contribution in [1.82, 2.24) is 20.4 Å². The van der Waals surface area contributed by atoms with E-state index in [0.717, 1.165) is 45.9 Å². The number of anilines is 1. The smallest absolute Gasteiger partial charge is 0.252 e. The lowest BCUT2D eigenvalue weighted by Gasteiger charge is -2.18. The van der Waals surface area contributed by atoms with Crippen molar-refractivity contribution in [3.8, 4) is 16.9 Å². The minimum absolute atomic E-state index is 0.116. The third kappa shape index (κ3) is 5.74. The number of methoxy groups -OCH3 is 1. The molecule has 1 atom stereocenters. The van der Waals surface area contributed by atoms with Crippen LogP contribution in [0.25, 0.3) is 11.1 Å². The molecular formula is C26H33N5O2. The number of amides is 1. The van der Waals surface area contributed by atoms with Gasteiger partial charge < -0.3 is 20.7 Å². The quantitative estimate of drug-likeness (QED) is 0.443. The van der Waals surface area contributed by atoms with Crippen molar-refractivity contribution in [3.05, 3.63) is 77.4 Å². The van der Waals surface area contributed by atoms with Gasteiger partial charge in [-0.1, -0.05) is 12.1 Å². The van der Waals surface area contributed by atoms with Gasteiger partial charge in [0, 0.05) is 54.6 Å². The highest BCUT2D eigenvalue weighted by Gasteiger charge is 2.17. The molecule has 0 aliphatic heterocycles. The van der Waals surface area contributed by atoms with Gasteiger partial charge in [-0.05, 0) is 63.1 Å². The number of aryl methyl sites for hydroxylation is 3. The van der Waals surface area contributed by atoms with Crippen LogP contribution in [-0.4, -0.2) is 29.3 Å².